The van der Waals surface area contributed by atoms with E-state index in [2.05, 4.69) is 15.0 Å². The van der Waals surface area contributed by atoms with Crippen LogP contribution in [0.25, 0.3) is 11.2 Å². The topological polar surface area (TPSA) is 112 Å². The number of nitrogens with two attached hydrogens (primary N) is 1. The normalized spacial score (nSPS) is 27.1. The minimum atomic E-state index is -0.534. The number of H-pyrrole nitrogens is 2. The first-order valence-corrected chi connectivity index (χ1v) is 8.03. The zero-order chi connectivity index (χ0) is 17.4. The number of hydrogen-bond acceptors (Lipinski definition) is 8. The number of rotatable bonds is 5. The van der Waals surface area contributed by atoms with Crippen LogP contribution in [0.2, 0.25) is 0 Å². The van der Waals surface area contributed by atoms with Crippen LogP contribution in [0.15, 0.2) is 0 Å². The lowest BCUT2D eigenvalue weighted by atomic mass is 10.1. The molecule has 0 radical (unpaired) electrons. The van der Waals surface area contributed by atoms with E-state index in [0.717, 1.165) is 0 Å². The molecule has 0 saturated carbocycles. The molecule has 0 aliphatic carbocycles. The van der Waals surface area contributed by atoms with E-state index in [-0.39, 0.29) is 18.2 Å². The number of hydrogen-bond donors (Lipinski definition) is 3. The van der Waals surface area contributed by atoms with Gasteiger partial charge in [0.15, 0.2) is 21.6 Å². The van der Waals surface area contributed by atoms with Gasteiger partial charge in [0.1, 0.15) is 29.5 Å². The number of ether oxygens (including phenoxy) is 4. The van der Waals surface area contributed by atoms with Crippen LogP contribution >= 0.6 is 24.4 Å². The Morgan fingerprint density at radius 2 is 1.92 bits per heavy atom. The summed E-state index contributed by atoms with van der Waals surface area (Å²) in [5.41, 5.74) is 6.97. The fourth-order valence-corrected chi connectivity index (χ4v) is 3.58. The van der Waals surface area contributed by atoms with Crippen molar-refractivity contribution in [3.8, 4) is 0 Å². The molecule has 9 nitrogen and oxygen atoms in total. The van der Waals surface area contributed by atoms with Gasteiger partial charge >= 0.3 is 0 Å². The molecule has 1 fully saturated rings. The molecule has 2 aromatic heterocycles. The van der Waals surface area contributed by atoms with E-state index in [1.54, 1.807) is 25.9 Å². The van der Waals surface area contributed by atoms with Crippen molar-refractivity contribution >= 4 is 41.5 Å². The molecule has 1 aliphatic rings. The first-order valence-electron chi connectivity index (χ1n) is 7.21. The number of aromatic amines is 2. The molecule has 0 bridgehead atoms. The second-order valence-corrected chi connectivity index (χ2v) is 6.15. The van der Waals surface area contributed by atoms with Gasteiger partial charge < -0.3 is 34.6 Å². The maximum atomic E-state index is 6.11. The molecule has 132 valence electrons. The Balaban J connectivity index is 2.14. The number of nitrogens with zero attached hydrogens (tertiary/aromatic N) is 2. The van der Waals surface area contributed by atoms with Gasteiger partial charge in [-0.05, 0) is 12.2 Å². The summed E-state index contributed by atoms with van der Waals surface area (Å²) < 4.78 is 25.0. The molecule has 0 amide bonds. The third kappa shape index (κ3) is 2.76. The van der Waals surface area contributed by atoms with Crippen LogP contribution in [0.5, 0.6) is 0 Å². The van der Waals surface area contributed by atoms with Crippen LogP contribution in [0.3, 0.4) is 0 Å². The molecule has 0 unspecified atom stereocenters. The van der Waals surface area contributed by atoms with Crippen LogP contribution in [0, 0.1) is 9.41 Å². The number of nitrogens with one attached hydrogen (secondary N) is 2. The lowest BCUT2D eigenvalue weighted by molar-refractivity contribution is -0.0642. The summed E-state index contributed by atoms with van der Waals surface area (Å²) in [5.74, 6) is 0.193. The lowest BCUT2D eigenvalue weighted by Crippen LogP contribution is -2.36. The van der Waals surface area contributed by atoms with E-state index in [1.807, 2.05) is 0 Å². The predicted octanol–water partition coefficient (Wildman–Crippen LogP) is 1.31. The summed E-state index contributed by atoms with van der Waals surface area (Å²) >= 11 is 10.7. The third-order valence-corrected chi connectivity index (χ3v) is 4.62. The van der Waals surface area contributed by atoms with Crippen LogP contribution in [0.4, 0.5) is 5.95 Å². The van der Waals surface area contributed by atoms with E-state index in [1.165, 1.54) is 0 Å². The molecular weight excluding hydrogens is 354 g/mol. The largest absolute Gasteiger partial charge is 0.382 e. The van der Waals surface area contributed by atoms with Gasteiger partial charge in [0.2, 0.25) is 0 Å². The third-order valence-electron chi connectivity index (χ3n) is 4.03. The number of imidazole rings is 1. The standard InChI is InChI=1S/C13H19N5O4S2/c1-19-4-5-7(20-2)8(21-3)11(22-5)18-9-6(15-13(18)24)10(23)17-12(14)16-9/h5,7-8,11H,4H2,1-3H3,(H,15,24)(H3,14,16,17,23)/t5-,7-,8-,11-/m1/s1. The molecule has 3 heterocycles. The highest BCUT2D eigenvalue weighted by Crippen LogP contribution is 2.35. The van der Waals surface area contributed by atoms with Crippen molar-refractivity contribution in [3.63, 3.8) is 0 Å². The lowest BCUT2D eigenvalue weighted by Gasteiger charge is -2.22. The average Bonchev–Trinajstić information content (AvgIpc) is 3.04. The highest BCUT2D eigenvalue weighted by atomic mass is 32.1. The van der Waals surface area contributed by atoms with Crippen molar-refractivity contribution in [1.82, 2.24) is 19.5 Å². The molecule has 0 aromatic carbocycles. The Morgan fingerprint density at radius 1 is 1.21 bits per heavy atom. The maximum absolute atomic E-state index is 6.11. The van der Waals surface area contributed by atoms with E-state index in [4.69, 9.17) is 49.1 Å². The molecule has 1 aliphatic heterocycles. The number of nitrogen functional groups attached to an aromatic ring is 1. The van der Waals surface area contributed by atoms with E-state index in [9.17, 15) is 0 Å². The monoisotopic (exact) mass is 373 g/mol. The van der Waals surface area contributed by atoms with Gasteiger partial charge in [-0.25, -0.2) is 4.98 Å². The van der Waals surface area contributed by atoms with Crippen molar-refractivity contribution in [2.75, 3.05) is 33.7 Å². The molecule has 24 heavy (non-hydrogen) atoms. The number of fused-ring (bicyclic) bond motifs is 1. The summed E-state index contributed by atoms with van der Waals surface area (Å²) in [7, 11) is 4.81. The Morgan fingerprint density at radius 3 is 2.54 bits per heavy atom. The molecule has 4 N–H and O–H groups in total. The van der Waals surface area contributed by atoms with Crippen LogP contribution in [0.1, 0.15) is 6.23 Å². The Bertz CT molecular complexity index is 847. The van der Waals surface area contributed by atoms with E-state index in [0.29, 0.717) is 27.2 Å². The average molecular weight is 373 g/mol. The minimum Gasteiger partial charge on any atom is -0.382 e. The quantitative estimate of drug-likeness (QED) is 0.673. The first-order chi connectivity index (χ1) is 11.5. The van der Waals surface area contributed by atoms with Gasteiger partial charge in [0.25, 0.3) is 0 Å². The van der Waals surface area contributed by atoms with Gasteiger partial charge in [-0.15, -0.1) is 0 Å². The minimum absolute atomic E-state index is 0.193. The van der Waals surface area contributed by atoms with Gasteiger partial charge in [-0.1, -0.05) is 12.2 Å². The van der Waals surface area contributed by atoms with Crippen molar-refractivity contribution in [3.05, 3.63) is 9.41 Å². The summed E-state index contributed by atoms with van der Waals surface area (Å²) in [6.45, 7) is 0.365. The predicted molar refractivity (Wildman–Crippen MR) is 91.9 cm³/mol. The number of methoxy groups -OCH3 is 3. The van der Waals surface area contributed by atoms with Crippen LogP contribution < -0.4 is 5.73 Å². The van der Waals surface area contributed by atoms with E-state index < -0.39 is 12.3 Å². The fourth-order valence-electron chi connectivity index (χ4n) is 3.03. The highest BCUT2D eigenvalue weighted by molar-refractivity contribution is 7.71. The van der Waals surface area contributed by atoms with Crippen molar-refractivity contribution < 1.29 is 18.9 Å². The van der Waals surface area contributed by atoms with Crippen molar-refractivity contribution in [2.45, 2.75) is 24.5 Å². The van der Waals surface area contributed by atoms with Gasteiger partial charge in [0.05, 0.1) is 6.61 Å². The molecule has 11 heteroatoms. The molecule has 1 saturated heterocycles. The molecule has 3 rings (SSSR count). The molecule has 0 spiro atoms. The second kappa shape index (κ2) is 6.86. The summed E-state index contributed by atoms with van der Waals surface area (Å²) in [4.78, 5) is 10.0. The Kier molecular flexibility index (Phi) is 4.99. The fraction of sp³-hybridized carbons (Fsp3) is 0.615. The zero-order valence-electron chi connectivity index (χ0n) is 13.4. The van der Waals surface area contributed by atoms with E-state index >= 15 is 0 Å². The number of anilines is 1. The highest BCUT2D eigenvalue weighted by Gasteiger charge is 2.47. The zero-order valence-corrected chi connectivity index (χ0v) is 15.1. The Hall–Kier alpha value is -1.37. The van der Waals surface area contributed by atoms with Gasteiger partial charge in [-0.2, -0.15) is 0 Å². The molecule has 4 atom stereocenters. The Labute approximate surface area is 148 Å². The van der Waals surface area contributed by atoms with Crippen LogP contribution in [-0.4, -0.2) is 65.8 Å². The van der Waals surface area contributed by atoms with Crippen LogP contribution in [-0.2, 0) is 18.9 Å². The summed E-state index contributed by atoms with van der Waals surface area (Å²) in [6.07, 6.45) is -1.54. The summed E-state index contributed by atoms with van der Waals surface area (Å²) in [6, 6.07) is 0. The molecule has 2 aromatic rings. The van der Waals surface area contributed by atoms with Crippen molar-refractivity contribution in [2.24, 2.45) is 0 Å². The maximum Gasteiger partial charge on any atom is 0.200 e. The molecular formula is C13H19N5O4S2. The van der Waals surface area contributed by atoms with Crippen molar-refractivity contribution in [1.29, 1.82) is 0 Å². The first kappa shape index (κ1) is 17.5. The second-order valence-electron chi connectivity index (χ2n) is 5.37. The number of aromatic nitrogens is 4. The smallest absolute Gasteiger partial charge is 0.200 e. The van der Waals surface area contributed by atoms with Gasteiger partial charge in [-0.3, -0.25) is 4.57 Å². The van der Waals surface area contributed by atoms with Gasteiger partial charge in [0, 0.05) is 21.3 Å². The summed E-state index contributed by atoms with van der Waals surface area (Å²) in [5, 5.41) is 0. The SMILES string of the molecule is COC[C@H]1O[C@@H](n2c(=S)[nH]c3c(=S)nc(N)[nH]c32)[C@H](OC)[C@@H]1OC.